The summed E-state index contributed by atoms with van der Waals surface area (Å²) in [4.78, 5) is 29.5. The number of carboxylic acids is 1. The van der Waals surface area contributed by atoms with E-state index >= 15 is 0 Å². The molecule has 1 aliphatic rings. The van der Waals surface area contributed by atoms with Crippen molar-refractivity contribution in [3.8, 4) is 5.75 Å². The van der Waals surface area contributed by atoms with Crippen LogP contribution in [-0.4, -0.2) is 53.6 Å². The van der Waals surface area contributed by atoms with Gasteiger partial charge < -0.3 is 20.1 Å². The largest absolute Gasteiger partial charge is 0.493 e. The van der Waals surface area contributed by atoms with Gasteiger partial charge in [-0.2, -0.15) is 0 Å². The van der Waals surface area contributed by atoms with Gasteiger partial charge in [0.1, 0.15) is 5.75 Å². The summed E-state index contributed by atoms with van der Waals surface area (Å²) >= 11 is 0. The monoisotopic (exact) mass is 587 g/mol. The molecule has 0 unspecified atom stereocenters. The van der Waals surface area contributed by atoms with Crippen molar-refractivity contribution in [3.63, 3.8) is 0 Å². The second-order valence-electron chi connectivity index (χ2n) is 9.94. The summed E-state index contributed by atoms with van der Waals surface area (Å²) in [5.41, 5.74) is 5.28. The fourth-order valence-corrected chi connectivity index (χ4v) is 4.34. The van der Waals surface area contributed by atoms with E-state index in [1.54, 1.807) is 30.5 Å². The number of anilines is 1. The molecule has 7 heteroatoms. The second-order valence-corrected chi connectivity index (χ2v) is 9.94. The fourth-order valence-electron chi connectivity index (χ4n) is 4.34. The SMILES string of the molecule is C/C=C\c1cccc(CC(=O)Nc2ccc(C)nc2)c1C.C=C.CC.CN1CCC(COc2cccc(C(=O)O)c2)CC1. The molecule has 0 spiro atoms. The summed E-state index contributed by atoms with van der Waals surface area (Å²) in [6, 6.07) is 16.5. The second kappa shape index (κ2) is 20.6. The number of aryl methyl sites for hydroxylation is 1. The van der Waals surface area contributed by atoms with Gasteiger partial charge in [0.05, 0.1) is 30.5 Å². The normalized spacial score (nSPS) is 12.9. The number of allylic oxidation sites excluding steroid dienone is 1. The third-order valence-corrected chi connectivity index (χ3v) is 6.79. The number of nitrogens with zero attached hydrogens (tertiary/aromatic N) is 2. The minimum absolute atomic E-state index is 0.0265. The molecule has 1 amide bonds. The van der Waals surface area contributed by atoms with Crippen LogP contribution in [0.15, 0.2) is 80.0 Å². The van der Waals surface area contributed by atoms with Crippen LogP contribution in [-0.2, 0) is 11.2 Å². The maximum Gasteiger partial charge on any atom is 0.335 e. The minimum atomic E-state index is -0.917. The maximum absolute atomic E-state index is 12.1. The molecule has 1 saturated heterocycles. The highest BCUT2D eigenvalue weighted by molar-refractivity contribution is 5.92. The third kappa shape index (κ3) is 13.5. The number of nitrogens with one attached hydrogen (secondary N) is 1. The molecule has 1 fully saturated rings. The quantitative estimate of drug-likeness (QED) is 0.261. The van der Waals surface area contributed by atoms with Crippen LogP contribution >= 0.6 is 0 Å². The van der Waals surface area contributed by atoms with E-state index in [4.69, 9.17) is 9.84 Å². The average molecular weight is 588 g/mol. The highest BCUT2D eigenvalue weighted by Gasteiger charge is 2.17. The summed E-state index contributed by atoms with van der Waals surface area (Å²) in [7, 11) is 2.13. The molecule has 7 nitrogen and oxygen atoms in total. The Kier molecular flexibility index (Phi) is 17.6. The third-order valence-electron chi connectivity index (χ3n) is 6.79. The van der Waals surface area contributed by atoms with E-state index in [9.17, 15) is 9.59 Å². The molecule has 0 atom stereocenters. The van der Waals surface area contributed by atoms with E-state index in [0.717, 1.165) is 54.0 Å². The summed E-state index contributed by atoms with van der Waals surface area (Å²) < 4.78 is 5.69. The van der Waals surface area contributed by atoms with Gasteiger partial charge in [-0.1, -0.05) is 50.3 Å². The first-order valence-electron chi connectivity index (χ1n) is 14.8. The van der Waals surface area contributed by atoms with Crippen molar-refractivity contribution < 1.29 is 19.4 Å². The average Bonchev–Trinajstić information content (AvgIpc) is 3.02. The molecule has 2 heterocycles. The zero-order valence-electron chi connectivity index (χ0n) is 26.7. The van der Waals surface area contributed by atoms with Gasteiger partial charge in [-0.25, -0.2) is 4.79 Å². The Hall–Kier alpha value is -4.23. The van der Waals surface area contributed by atoms with Crippen molar-refractivity contribution in [1.29, 1.82) is 0 Å². The number of pyridine rings is 1. The van der Waals surface area contributed by atoms with Gasteiger partial charge in [0.25, 0.3) is 0 Å². The van der Waals surface area contributed by atoms with Crippen molar-refractivity contribution >= 4 is 23.6 Å². The van der Waals surface area contributed by atoms with Crippen LogP contribution in [0.1, 0.15) is 66.4 Å². The van der Waals surface area contributed by atoms with Crippen molar-refractivity contribution in [2.75, 3.05) is 32.1 Å². The zero-order chi connectivity index (χ0) is 32.2. The van der Waals surface area contributed by atoms with Crippen LogP contribution in [0, 0.1) is 19.8 Å². The van der Waals surface area contributed by atoms with Crippen molar-refractivity contribution in [2.45, 2.75) is 53.9 Å². The van der Waals surface area contributed by atoms with Crippen molar-refractivity contribution in [3.05, 3.63) is 108 Å². The molecular weight excluding hydrogens is 538 g/mol. The van der Waals surface area contributed by atoms with Gasteiger partial charge in [-0.05, 0) is 107 Å². The lowest BCUT2D eigenvalue weighted by molar-refractivity contribution is -0.115. The number of carbonyl (C=O) groups is 2. The van der Waals surface area contributed by atoms with Gasteiger partial charge in [0.15, 0.2) is 0 Å². The first-order chi connectivity index (χ1) is 20.7. The van der Waals surface area contributed by atoms with Crippen LogP contribution < -0.4 is 10.1 Å². The number of amides is 1. The van der Waals surface area contributed by atoms with E-state index in [-0.39, 0.29) is 11.5 Å². The molecule has 0 saturated carbocycles. The molecule has 0 aliphatic carbocycles. The number of carbonyl (C=O) groups excluding carboxylic acids is 1. The molecule has 232 valence electrons. The molecule has 4 rings (SSSR count). The van der Waals surface area contributed by atoms with Crippen LogP contribution in [0.4, 0.5) is 5.69 Å². The minimum Gasteiger partial charge on any atom is -0.493 e. The number of rotatable bonds is 8. The van der Waals surface area contributed by atoms with Crippen molar-refractivity contribution in [1.82, 2.24) is 9.88 Å². The number of aromatic carboxylic acids is 1. The first kappa shape index (κ1) is 36.8. The van der Waals surface area contributed by atoms with Gasteiger partial charge in [0, 0.05) is 5.69 Å². The van der Waals surface area contributed by atoms with Gasteiger partial charge in [-0.3, -0.25) is 9.78 Å². The first-order valence-corrected chi connectivity index (χ1v) is 14.8. The predicted molar refractivity (Wildman–Crippen MR) is 179 cm³/mol. The number of likely N-dealkylation sites (tertiary alicyclic amines) is 1. The number of carboxylic acid groups (broad SMARTS) is 1. The number of hydrogen-bond donors (Lipinski definition) is 2. The number of ether oxygens (including phenoxy) is 1. The Labute approximate surface area is 258 Å². The smallest absolute Gasteiger partial charge is 0.335 e. The lowest BCUT2D eigenvalue weighted by Crippen LogP contribution is -2.32. The number of hydrogen-bond acceptors (Lipinski definition) is 5. The highest BCUT2D eigenvalue weighted by Crippen LogP contribution is 2.20. The molecule has 3 aromatic rings. The Morgan fingerprint density at radius 2 is 1.74 bits per heavy atom. The summed E-state index contributed by atoms with van der Waals surface area (Å²) in [5, 5.41) is 11.8. The van der Waals surface area contributed by atoms with Crippen LogP contribution in [0.5, 0.6) is 5.75 Å². The van der Waals surface area contributed by atoms with Gasteiger partial charge in [-0.15, -0.1) is 13.2 Å². The summed E-state index contributed by atoms with van der Waals surface area (Å²) in [5.74, 6) is 0.282. The highest BCUT2D eigenvalue weighted by atomic mass is 16.5. The van der Waals surface area contributed by atoms with E-state index in [0.29, 0.717) is 24.7 Å². The van der Waals surface area contributed by atoms with E-state index in [1.165, 1.54) is 0 Å². The molecule has 1 aliphatic heterocycles. The fraction of sp³-hybridized carbons (Fsp3) is 0.361. The van der Waals surface area contributed by atoms with Crippen LogP contribution in [0.25, 0.3) is 6.08 Å². The summed E-state index contributed by atoms with van der Waals surface area (Å²) in [6.07, 6.45) is 8.40. The molecule has 1 aromatic heterocycles. The van der Waals surface area contributed by atoms with E-state index < -0.39 is 5.97 Å². The van der Waals surface area contributed by atoms with Crippen LogP contribution in [0.2, 0.25) is 0 Å². The van der Waals surface area contributed by atoms with E-state index in [2.05, 4.69) is 47.5 Å². The van der Waals surface area contributed by atoms with Crippen LogP contribution in [0.3, 0.4) is 0 Å². The number of benzene rings is 2. The summed E-state index contributed by atoms with van der Waals surface area (Å²) in [6.45, 7) is 18.9. The van der Waals surface area contributed by atoms with E-state index in [1.807, 2.05) is 65.0 Å². The topological polar surface area (TPSA) is 91.8 Å². The maximum atomic E-state index is 12.1. The molecular formula is C36H49N3O4. The lowest BCUT2D eigenvalue weighted by Gasteiger charge is -2.28. The Bertz CT molecular complexity index is 1280. The zero-order valence-corrected chi connectivity index (χ0v) is 26.7. The van der Waals surface area contributed by atoms with Gasteiger partial charge >= 0.3 is 5.97 Å². The van der Waals surface area contributed by atoms with Gasteiger partial charge in [0.2, 0.25) is 5.91 Å². The Morgan fingerprint density at radius 3 is 2.35 bits per heavy atom. The molecule has 2 N–H and O–H groups in total. The molecule has 0 radical (unpaired) electrons. The lowest BCUT2D eigenvalue weighted by atomic mass is 9.98. The Morgan fingerprint density at radius 1 is 1.07 bits per heavy atom. The Balaban J connectivity index is 0.000000389. The number of piperidine rings is 1. The molecule has 2 aromatic carbocycles. The number of aromatic nitrogens is 1. The predicted octanol–water partition coefficient (Wildman–Crippen LogP) is 7.85. The standard InChI is InChI=1S/C18H20N2O.C14H19NO3.C2H6.C2H4/c1-4-6-15-7-5-8-16(14(15)3)11-18(21)20-17-10-9-13(2)19-12-17;1-15-7-5-11(6-8-15)10-18-13-4-2-3-12(9-13)14(16)17;2*1-2/h4-10,12H,11H2,1-3H3,(H,20,21);2-4,9,11H,5-8,10H2,1H3,(H,16,17);1-2H3;1-2H2/b6-4-;;;. The molecule has 0 bridgehead atoms. The molecule has 43 heavy (non-hydrogen) atoms. The van der Waals surface area contributed by atoms with Crippen molar-refractivity contribution in [2.24, 2.45) is 5.92 Å².